The van der Waals surface area contributed by atoms with Crippen LogP contribution in [-0.2, 0) is 9.59 Å². The molecular formula is C18H13Cl3N2O2. The molecule has 1 aliphatic heterocycles. The van der Waals surface area contributed by atoms with Crippen LogP contribution < -0.4 is 10.2 Å². The molecule has 128 valence electrons. The van der Waals surface area contributed by atoms with Gasteiger partial charge in [-0.15, -0.1) is 0 Å². The maximum absolute atomic E-state index is 12.8. The van der Waals surface area contributed by atoms with Crippen molar-refractivity contribution >= 4 is 58.0 Å². The van der Waals surface area contributed by atoms with Crippen LogP contribution >= 0.6 is 34.8 Å². The summed E-state index contributed by atoms with van der Waals surface area (Å²) in [7, 11) is 0. The Morgan fingerprint density at radius 1 is 0.920 bits per heavy atom. The normalized spacial score (nSPS) is 14.5. The number of nitrogens with one attached hydrogen (secondary N) is 1. The second kappa shape index (κ2) is 6.71. The Morgan fingerprint density at radius 3 is 2.20 bits per heavy atom. The second-order valence-electron chi connectivity index (χ2n) is 5.63. The SMILES string of the molecule is Cc1cccc(NC2=C(Cl)C(=O)N(c3cc(Cl)cc(Cl)c3)C2=O)c1C. The van der Waals surface area contributed by atoms with Crippen molar-refractivity contribution in [1.29, 1.82) is 0 Å². The van der Waals surface area contributed by atoms with E-state index in [1.807, 2.05) is 32.0 Å². The van der Waals surface area contributed by atoms with Crippen LogP contribution in [-0.4, -0.2) is 11.8 Å². The highest BCUT2D eigenvalue weighted by Crippen LogP contribution is 2.33. The minimum absolute atomic E-state index is 0.0245. The molecule has 4 nitrogen and oxygen atoms in total. The van der Waals surface area contributed by atoms with Crippen LogP contribution in [0.2, 0.25) is 10.0 Å². The van der Waals surface area contributed by atoms with Gasteiger partial charge >= 0.3 is 0 Å². The number of imide groups is 1. The zero-order chi connectivity index (χ0) is 18.3. The van der Waals surface area contributed by atoms with Crippen molar-refractivity contribution < 1.29 is 9.59 Å². The van der Waals surface area contributed by atoms with Gasteiger partial charge in [0, 0.05) is 15.7 Å². The van der Waals surface area contributed by atoms with Crippen molar-refractivity contribution in [2.45, 2.75) is 13.8 Å². The summed E-state index contributed by atoms with van der Waals surface area (Å²) in [5.74, 6) is -1.19. The van der Waals surface area contributed by atoms with E-state index in [2.05, 4.69) is 5.32 Å². The zero-order valence-electron chi connectivity index (χ0n) is 13.4. The van der Waals surface area contributed by atoms with Gasteiger partial charge in [-0.2, -0.15) is 0 Å². The van der Waals surface area contributed by atoms with Gasteiger partial charge in [-0.1, -0.05) is 46.9 Å². The Hall–Kier alpha value is -2.01. The lowest BCUT2D eigenvalue weighted by molar-refractivity contribution is -0.120. The van der Waals surface area contributed by atoms with Gasteiger partial charge < -0.3 is 5.32 Å². The molecule has 0 saturated carbocycles. The topological polar surface area (TPSA) is 49.4 Å². The summed E-state index contributed by atoms with van der Waals surface area (Å²) in [5, 5.41) is 3.43. The molecule has 1 aliphatic rings. The smallest absolute Gasteiger partial charge is 0.283 e. The Morgan fingerprint density at radius 2 is 1.56 bits per heavy atom. The number of nitrogens with zero attached hydrogens (tertiary/aromatic N) is 1. The molecule has 2 aromatic rings. The first-order chi connectivity index (χ1) is 11.8. The van der Waals surface area contributed by atoms with Gasteiger partial charge in [0.1, 0.15) is 10.7 Å². The largest absolute Gasteiger partial charge is 0.349 e. The predicted molar refractivity (Wildman–Crippen MR) is 101 cm³/mol. The fourth-order valence-electron chi connectivity index (χ4n) is 2.54. The summed E-state index contributed by atoms with van der Waals surface area (Å²) >= 11 is 18.1. The van der Waals surface area contributed by atoms with Crippen molar-refractivity contribution in [3.8, 4) is 0 Å². The third-order valence-electron chi connectivity index (χ3n) is 4.00. The number of halogens is 3. The Kier molecular flexibility index (Phi) is 4.78. The second-order valence-corrected chi connectivity index (χ2v) is 6.89. The average Bonchev–Trinajstić information content (AvgIpc) is 2.74. The van der Waals surface area contributed by atoms with E-state index in [9.17, 15) is 9.59 Å². The van der Waals surface area contributed by atoms with Crippen LogP contribution in [0.25, 0.3) is 0 Å². The van der Waals surface area contributed by atoms with Gasteiger partial charge in [0.2, 0.25) is 0 Å². The number of amides is 2. The lowest BCUT2D eigenvalue weighted by Crippen LogP contribution is -2.32. The molecule has 7 heteroatoms. The highest BCUT2D eigenvalue weighted by molar-refractivity contribution is 6.53. The van der Waals surface area contributed by atoms with Crippen molar-refractivity contribution in [3.63, 3.8) is 0 Å². The maximum Gasteiger partial charge on any atom is 0.283 e. The summed E-state index contributed by atoms with van der Waals surface area (Å²) in [5.41, 5.74) is 3.01. The molecular weight excluding hydrogens is 383 g/mol. The molecule has 0 bridgehead atoms. The third kappa shape index (κ3) is 3.25. The summed E-state index contributed by atoms with van der Waals surface area (Å²) in [6, 6.07) is 10.1. The number of hydrogen-bond donors (Lipinski definition) is 1. The lowest BCUT2D eigenvalue weighted by atomic mass is 10.1. The van der Waals surface area contributed by atoms with Gasteiger partial charge in [0.15, 0.2) is 0 Å². The Balaban J connectivity index is 1.98. The van der Waals surface area contributed by atoms with Gasteiger partial charge in [-0.05, 0) is 49.2 Å². The van der Waals surface area contributed by atoms with Gasteiger partial charge in [-0.25, -0.2) is 4.90 Å². The number of carbonyl (C=O) groups is 2. The van der Waals surface area contributed by atoms with E-state index in [-0.39, 0.29) is 16.4 Å². The molecule has 1 heterocycles. The molecule has 0 atom stereocenters. The first-order valence-corrected chi connectivity index (χ1v) is 8.51. The third-order valence-corrected chi connectivity index (χ3v) is 4.78. The minimum Gasteiger partial charge on any atom is -0.349 e. The van der Waals surface area contributed by atoms with Gasteiger partial charge in [-0.3, -0.25) is 9.59 Å². The van der Waals surface area contributed by atoms with E-state index < -0.39 is 11.8 Å². The summed E-state index contributed by atoms with van der Waals surface area (Å²) in [4.78, 5) is 26.2. The van der Waals surface area contributed by atoms with Crippen LogP contribution in [0.1, 0.15) is 11.1 Å². The molecule has 1 N–H and O–H groups in total. The summed E-state index contributed by atoms with van der Waals surface area (Å²) in [6.45, 7) is 3.88. The number of aryl methyl sites for hydroxylation is 1. The number of hydrogen-bond acceptors (Lipinski definition) is 3. The van der Waals surface area contributed by atoms with E-state index in [1.54, 1.807) is 0 Å². The first kappa shape index (κ1) is 17.8. The highest BCUT2D eigenvalue weighted by Gasteiger charge is 2.39. The molecule has 25 heavy (non-hydrogen) atoms. The molecule has 0 fully saturated rings. The van der Waals surface area contributed by atoms with E-state index >= 15 is 0 Å². The maximum atomic E-state index is 12.8. The number of rotatable bonds is 3. The quantitative estimate of drug-likeness (QED) is 0.740. The van der Waals surface area contributed by atoms with Crippen LogP contribution in [0.4, 0.5) is 11.4 Å². The monoisotopic (exact) mass is 394 g/mol. The van der Waals surface area contributed by atoms with Gasteiger partial charge in [0.25, 0.3) is 11.8 Å². The van der Waals surface area contributed by atoms with Crippen molar-refractivity contribution in [2.24, 2.45) is 0 Å². The molecule has 0 aromatic heterocycles. The Labute approximate surface area is 160 Å². The molecule has 0 radical (unpaired) electrons. The molecule has 2 amide bonds. The van der Waals surface area contributed by atoms with Crippen molar-refractivity contribution in [2.75, 3.05) is 10.2 Å². The van der Waals surface area contributed by atoms with Crippen LogP contribution in [0.15, 0.2) is 47.1 Å². The average molecular weight is 396 g/mol. The minimum atomic E-state index is -0.627. The molecule has 0 aliphatic carbocycles. The van der Waals surface area contributed by atoms with Crippen LogP contribution in [0, 0.1) is 13.8 Å². The van der Waals surface area contributed by atoms with E-state index in [0.29, 0.717) is 15.7 Å². The lowest BCUT2D eigenvalue weighted by Gasteiger charge is -2.16. The van der Waals surface area contributed by atoms with Crippen molar-refractivity contribution in [3.05, 3.63) is 68.3 Å². The summed E-state index contributed by atoms with van der Waals surface area (Å²) < 4.78 is 0. The molecule has 0 unspecified atom stereocenters. The van der Waals surface area contributed by atoms with Crippen molar-refractivity contribution in [1.82, 2.24) is 0 Å². The number of carbonyl (C=O) groups excluding carboxylic acids is 2. The standard InChI is InChI=1S/C18H13Cl3N2O2/c1-9-4-3-5-14(10(9)2)22-16-15(21)17(24)23(18(16)25)13-7-11(19)6-12(20)8-13/h3-8,22H,1-2H3. The molecule has 0 saturated heterocycles. The van der Waals surface area contributed by atoms with E-state index in [1.165, 1.54) is 18.2 Å². The molecule has 0 spiro atoms. The zero-order valence-corrected chi connectivity index (χ0v) is 15.6. The Bertz CT molecular complexity index is 918. The van der Waals surface area contributed by atoms with Gasteiger partial charge in [0.05, 0.1) is 5.69 Å². The first-order valence-electron chi connectivity index (χ1n) is 7.37. The number of benzene rings is 2. The van der Waals surface area contributed by atoms with E-state index in [4.69, 9.17) is 34.8 Å². The molecule has 3 rings (SSSR count). The number of anilines is 2. The van der Waals surface area contributed by atoms with E-state index in [0.717, 1.165) is 16.0 Å². The fraction of sp³-hybridized carbons (Fsp3) is 0.111. The fourth-order valence-corrected chi connectivity index (χ4v) is 3.26. The van der Waals surface area contributed by atoms with Crippen LogP contribution in [0.5, 0.6) is 0 Å². The predicted octanol–water partition coefficient (Wildman–Crippen LogP) is 5.05. The molecule has 2 aromatic carbocycles. The van der Waals surface area contributed by atoms with Crippen LogP contribution in [0.3, 0.4) is 0 Å². The highest BCUT2D eigenvalue weighted by atomic mass is 35.5. The summed E-state index contributed by atoms with van der Waals surface area (Å²) in [6.07, 6.45) is 0.